The molecule has 0 fully saturated rings. The first-order valence-electron chi connectivity index (χ1n) is 6.32. The highest BCUT2D eigenvalue weighted by molar-refractivity contribution is 5.89. The van der Waals surface area contributed by atoms with Crippen LogP contribution in [0.4, 0.5) is 4.39 Å². The van der Waals surface area contributed by atoms with E-state index >= 15 is 0 Å². The summed E-state index contributed by atoms with van der Waals surface area (Å²) in [5.74, 6) is 2.09. The third-order valence-electron chi connectivity index (χ3n) is 2.70. The maximum atomic E-state index is 13.6. The Morgan fingerprint density at radius 3 is 2.47 bits per heavy atom. The Morgan fingerprint density at radius 1 is 1.32 bits per heavy atom. The first-order valence-corrected chi connectivity index (χ1v) is 6.32. The number of fused-ring (bicyclic) bond motifs is 1. The highest BCUT2D eigenvalue weighted by Crippen LogP contribution is 2.31. The average Bonchev–Trinajstić information content (AvgIpc) is 2.40. The van der Waals surface area contributed by atoms with Gasteiger partial charge in [0, 0.05) is 11.5 Å². The van der Waals surface area contributed by atoms with Gasteiger partial charge in [-0.25, -0.2) is 4.39 Å². The van der Waals surface area contributed by atoms with Crippen LogP contribution in [-0.4, -0.2) is 10.1 Å². The molecule has 0 spiro atoms. The van der Waals surface area contributed by atoms with Crippen molar-refractivity contribution in [1.82, 2.24) is 4.98 Å². The summed E-state index contributed by atoms with van der Waals surface area (Å²) in [7, 11) is 0. The van der Waals surface area contributed by atoms with Gasteiger partial charge in [0.1, 0.15) is 5.75 Å². The monoisotopic (exact) mass is 259 g/mol. The third kappa shape index (κ3) is 2.85. The second kappa shape index (κ2) is 6.19. The summed E-state index contributed by atoms with van der Waals surface area (Å²) >= 11 is 0. The molecule has 19 heavy (non-hydrogen) atoms. The molecule has 0 aliphatic carbocycles. The SMILES string of the molecule is C#Cc1c(F)cnc2cc(O)cc(C(C)C)c12.CC. The van der Waals surface area contributed by atoms with Crippen LogP contribution < -0.4 is 0 Å². The summed E-state index contributed by atoms with van der Waals surface area (Å²) < 4.78 is 13.6. The van der Waals surface area contributed by atoms with Crippen molar-refractivity contribution in [3.05, 3.63) is 35.3 Å². The van der Waals surface area contributed by atoms with Crippen molar-refractivity contribution >= 4 is 10.9 Å². The number of rotatable bonds is 1. The molecule has 3 heteroatoms. The molecule has 100 valence electrons. The first-order chi connectivity index (χ1) is 9.04. The molecule has 0 atom stereocenters. The molecule has 2 nitrogen and oxygen atoms in total. The standard InChI is InChI=1S/C14H12FNO.C2H6/c1-4-10-12(15)7-16-13-6-9(17)5-11(8(2)3)14(10)13;1-2/h1,5-8,17H,2-3H3;1-2H3. The second-order valence-corrected chi connectivity index (χ2v) is 4.21. The molecule has 0 bridgehead atoms. The van der Waals surface area contributed by atoms with Crippen molar-refractivity contribution in [2.75, 3.05) is 0 Å². The minimum Gasteiger partial charge on any atom is -0.508 e. The van der Waals surface area contributed by atoms with E-state index < -0.39 is 5.82 Å². The molecule has 1 aromatic heterocycles. The fraction of sp³-hybridized carbons (Fsp3) is 0.312. The fourth-order valence-electron chi connectivity index (χ4n) is 1.91. The Balaban J connectivity index is 0.000000861. The van der Waals surface area contributed by atoms with Crippen LogP contribution in [0.25, 0.3) is 10.9 Å². The zero-order valence-corrected chi connectivity index (χ0v) is 11.7. The Hall–Kier alpha value is -2.08. The molecule has 0 amide bonds. The fourth-order valence-corrected chi connectivity index (χ4v) is 1.91. The van der Waals surface area contributed by atoms with Gasteiger partial charge in [0.2, 0.25) is 0 Å². The normalized spacial score (nSPS) is 9.95. The highest BCUT2D eigenvalue weighted by Gasteiger charge is 2.14. The van der Waals surface area contributed by atoms with E-state index in [2.05, 4.69) is 10.9 Å². The third-order valence-corrected chi connectivity index (χ3v) is 2.70. The summed E-state index contributed by atoms with van der Waals surface area (Å²) in [5.41, 5.74) is 1.53. The van der Waals surface area contributed by atoms with E-state index in [9.17, 15) is 9.50 Å². The maximum absolute atomic E-state index is 13.6. The molecule has 1 aromatic carbocycles. The number of nitrogens with zero attached hydrogens (tertiary/aromatic N) is 1. The van der Waals surface area contributed by atoms with Crippen LogP contribution in [0.2, 0.25) is 0 Å². The van der Waals surface area contributed by atoms with Crippen LogP contribution in [0.1, 0.15) is 44.7 Å². The lowest BCUT2D eigenvalue weighted by atomic mass is 9.95. The van der Waals surface area contributed by atoms with Gasteiger partial charge < -0.3 is 5.11 Å². The number of phenols is 1. The molecule has 2 rings (SSSR count). The van der Waals surface area contributed by atoms with Gasteiger partial charge in [-0.15, -0.1) is 6.42 Å². The Labute approximate surface area is 113 Å². The largest absolute Gasteiger partial charge is 0.508 e. The predicted octanol–water partition coefficient (Wildman–Crippen LogP) is 4.21. The van der Waals surface area contributed by atoms with Crippen molar-refractivity contribution in [3.8, 4) is 18.1 Å². The van der Waals surface area contributed by atoms with E-state index in [1.54, 1.807) is 6.07 Å². The van der Waals surface area contributed by atoms with Gasteiger partial charge in [-0.1, -0.05) is 33.6 Å². The van der Waals surface area contributed by atoms with Crippen molar-refractivity contribution in [2.24, 2.45) is 0 Å². The quantitative estimate of drug-likeness (QED) is 0.778. The summed E-state index contributed by atoms with van der Waals surface area (Å²) in [6, 6.07) is 3.09. The van der Waals surface area contributed by atoms with Crippen molar-refractivity contribution in [3.63, 3.8) is 0 Å². The molecule has 1 N–H and O–H groups in total. The molecule has 0 radical (unpaired) electrons. The van der Waals surface area contributed by atoms with Gasteiger partial charge in [-0.2, -0.15) is 0 Å². The molecule has 0 aliphatic rings. The highest BCUT2D eigenvalue weighted by atomic mass is 19.1. The summed E-state index contributed by atoms with van der Waals surface area (Å²) in [5, 5.41) is 10.2. The number of aromatic hydroxyl groups is 1. The molecule has 0 unspecified atom stereocenters. The maximum Gasteiger partial charge on any atom is 0.157 e. The van der Waals surface area contributed by atoms with Gasteiger partial charge in [0.15, 0.2) is 5.82 Å². The lowest BCUT2D eigenvalue weighted by Crippen LogP contribution is -1.96. The van der Waals surface area contributed by atoms with E-state index in [1.807, 2.05) is 27.7 Å². The van der Waals surface area contributed by atoms with Gasteiger partial charge in [0.25, 0.3) is 0 Å². The lowest BCUT2D eigenvalue weighted by Gasteiger charge is -2.12. The van der Waals surface area contributed by atoms with Crippen LogP contribution in [0.5, 0.6) is 5.75 Å². The van der Waals surface area contributed by atoms with E-state index in [0.717, 1.165) is 11.8 Å². The minimum atomic E-state index is -0.507. The summed E-state index contributed by atoms with van der Waals surface area (Å²) in [4.78, 5) is 3.96. The first kappa shape index (κ1) is 15.0. The predicted molar refractivity (Wildman–Crippen MR) is 76.7 cm³/mol. The number of halogens is 1. The van der Waals surface area contributed by atoms with Gasteiger partial charge in [-0.05, 0) is 17.5 Å². The van der Waals surface area contributed by atoms with Crippen LogP contribution in [0.15, 0.2) is 18.3 Å². The second-order valence-electron chi connectivity index (χ2n) is 4.21. The topological polar surface area (TPSA) is 33.1 Å². The Morgan fingerprint density at radius 2 is 1.95 bits per heavy atom. The van der Waals surface area contributed by atoms with E-state index in [1.165, 1.54) is 6.07 Å². The van der Waals surface area contributed by atoms with Gasteiger partial charge >= 0.3 is 0 Å². The zero-order chi connectivity index (χ0) is 14.6. The lowest BCUT2D eigenvalue weighted by molar-refractivity contribution is 0.475. The van der Waals surface area contributed by atoms with Crippen molar-refractivity contribution < 1.29 is 9.50 Å². The van der Waals surface area contributed by atoms with Gasteiger partial charge in [0.05, 0.1) is 17.3 Å². The smallest absolute Gasteiger partial charge is 0.157 e. The van der Waals surface area contributed by atoms with Crippen LogP contribution in [0.3, 0.4) is 0 Å². The Kier molecular flexibility index (Phi) is 4.88. The molecule has 1 heterocycles. The van der Waals surface area contributed by atoms with E-state index in [-0.39, 0.29) is 17.2 Å². The summed E-state index contributed by atoms with van der Waals surface area (Å²) in [6.07, 6.45) is 6.43. The minimum absolute atomic E-state index is 0.114. The average molecular weight is 259 g/mol. The number of aromatic nitrogens is 1. The van der Waals surface area contributed by atoms with E-state index in [0.29, 0.717) is 10.9 Å². The number of terminal acetylenes is 1. The number of hydrogen-bond acceptors (Lipinski definition) is 2. The molecule has 0 saturated heterocycles. The van der Waals surface area contributed by atoms with Crippen molar-refractivity contribution in [1.29, 1.82) is 0 Å². The number of hydrogen-bond donors (Lipinski definition) is 1. The van der Waals surface area contributed by atoms with Crippen molar-refractivity contribution in [2.45, 2.75) is 33.6 Å². The van der Waals surface area contributed by atoms with Crippen LogP contribution in [0, 0.1) is 18.2 Å². The van der Waals surface area contributed by atoms with Gasteiger partial charge in [-0.3, -0.25) is 4.98 Å². The Bertz CT molecular complexity index is 627. The molecular weight excluding hydrogens is 241 g/mol. The number of benzene rings is 1. The molecule has 0 aliphatic heterocycles. The zero-order valence-electron chi connectivity index (χ0n) is 11.7. The van der Waals surface area contributed by atoms with Crippen LogP contribution in [-0.2, 0) is 0 Å². The number of phenolic OH excluding ortho intramolecular Hbond substituents is 1. The molecule has 0 saturated carbocycles. The molecule has 2 aromatic rings. The number of pyridine rings is 1. The summed E-state index contributed by atoms with van der Waals surface area (Å²) in [6.45, 7) is 7.92. The molecular formula is C16H18FNO. The van der Waals surface area contributed by atoms with Crippen LogP contribution >= 0.6 is 0 Å². The van der Waals surface area contributed by atoms with E-state index in [4.69, 9.17) is 6.42 Å².